The second-order valence-corrected chi connectivity index (χ2v) is 6.89. The lowest BCUT2D eigenvalue weighted by molar-refractivity contribution is -0.117. The Kier molecular flexibility index (Phi) is 6.80. The lowest BCUT2D eigenvalue weighted by Crippen LogP contribution is -2.24. The molecule has 29 heavy (non-hydrogen) atoms. The number of nitrogens with one attached hydrogen (secondary N) is 1. The summed E-state index contributed by atoms with van der Waals surface area (Å²) in [7, 11) is 0. The quantitative estimate of drug-likeness (QED) is 0.602. The Bertz CT molecular complexity index is 1020. The minimum Gasteiger partial charge on any atom is -0.352 e. The second kappa shape index (κ2) is 9.70. The zero-order valence-electron chi connectivity index (χ0n) is 15.7. The number of benzene rings is 1. The second-order valence-electron chi connectivity index (χ2n) is 6.06. The van der Waals surface area contributed by atoms with E-state index in [0.29, 0.717) is 23.8 Å². The van der Waals surface area contributed by atoms with Gasteiger partial charge < -0.3 is 5.32 Å². The molecule has 0 radical (unpaired) electrons. The van der Waals surface area contributed by atoms with E-state index in [1.165, 1.54) is 41.4 Å². The molecule has 1 aromatic carbocycles. The Hall–Kier alpha value is -3.39. The van der Waals surface area contributed by atoms with Crippen LogP contribution in [0.3, 0.4) is 0 Å². The van der Waals surface area contributed by atoms with Gasteiger partial charge in [-0.2, -0.15) is 0 Å². The zero-order chi connectivity index (χ0) is 20.6. The van der Waals surface area contributed by atoms with Gasteiger partial charge in [0.1, 0.15) is 5.82 Å². The van der Waals surface area contributed by atoms with Crippen molar-refractivity contribution < 1.29 is 14.0 Å². The van der Waals surface area contributed by atoms with E-state index >= 15 is 0 Å². The number of carbonyl (C=O) groups excluding carboxylic acids is 2. The van der Waals surface area contributed by atoms with Crippen LogP contribution in [0.2, 0.25) is 0 Å². The van der Waals surface area contributed by atoms with Gasteiger partial charge in [-0.05, 0) is 30.3 Å². The number of amides is 2. The first kappa shape index (κ1) is 20.3. The van der Waals surface area contributed by atoms with Gasteiger partial charge in [-0.1, -0.05) is 18.2 Å². The molecule has 1 N–H and O–H groups in total. The number of anilines is 2. The third kappa shape index (κ3) is 5.55. The van der Waals surface area contributed by atoms with Crippen molar-refractivity contribution in [3.05, 3.63) is 77.3 Å². The van der Waals surface area contributed by atoms with E-state index in [9.17, 15) is 14.0 Å². The summed E-state index contributed by atoms with van der Waals surface area (Å²) in [4.78, 5) is 33.7. The molecule has 0 unspecified atom stereocenters. The van der Waals surface area contributed by atoms with Crippen molar-refractivity contribution in [2.75, 3.05) is 11.4 Å². The topological polar surface area (TPSA) is 75.2 Å². The summed E-state index contributed by atoms with van der Waals surface area (Å²) in [5, 5.41) is 4.81. The summed E-state index contributed by atoms with van der Waals surface area (Å²) in [5.74, 6) is -1.12. The summed E-state index contributed by atoms with van der Waals surface area (Å²) >= 11 is 1.19. The van der Waals surface area contributed by atoms with Crippen LogP contribution in [-0.2, 0) is 16.0 Å². The third-order valence-electron chi connectivity index (χ3n) is 3.92. The first-order valence-corrected chi connectivity index (χ1v) is 9.79. The molecule has 0 atom stereocenters. The van der Waals surface area contributed by atoms with E-state index in [1.807, 2.05) is 18.2 Å². The predicted molar refractivity (Wildman–Crippen MR) is 111 cm³/mol. The molecule has 0 fully saturated rings. The van der Waals surface area contributed by atoms with Crippen LogP contribution in [0.1, 0.15) is 18.3 Å². The van der Waals surface area contributed by atoms with Gasteiger partial charge >= 0.3 is 0 Å². The van der Waals surface area contributed by atoms with Crippen LogP contribution in [0.5, 0.6) is 0 Å². The molecule has 3 aromatic rings. The van der Waals surface area contributed by atoms with Crippen LogP contribution in [-0.4, -0.2) is 28.3 Å². The molecule has 0 bridgehead atoms. The zero-order valence-corrected chi connectivity index (χ0v) is 16.5. The van der Waals surface area contributed by atoms with Crippen molar-refractivity contribution in [2.45, 2.75) is 13.3 Å². The van der Waals surface area contributed by atoms with E-state index in [-0.39, 0.29) is 17.5 Å². The summed E-state index contributed by atoms with van der Waals surface area (Å²) in [6.45, 7) is 1.81. The van der Waals surface area contributed by atoms with E-state index in [1.54, 1.807) is 29.8 Å². The number of rotatable bonds is 7. The highest BCUT2D eigenvalue weighted by Gasteiger charge is 2.20. The van der Waals surface area contributed by atoms with Gasteiger partial charge in [0.2, 0.25) is 11.8 Å². The summed E-state index contributed by atoms with van der Waals surface area (Å²) < 4.78 is 14.1. The average molecular weight is 410 g/mol. The normalized spacial score (nSPS) is 10.8. The Morgan fingerprint density at radius 3 is 2.72 bits per heavy atom. The Morgan fingerprint density at radius 2 is 2.00 bits per heavy atom. The SMILES string of the molecule is CC(=O)N(c1nc(/C=C/C(=O)NCCc2ccccn2)cs1)c1ccccc1F. The molecule has 0 saturated heterocycles. The highest BCUT2D eigenvalue weighted by atomic mass is 32.1. The van der Waals surface area contributed by atoms with Crippen molar-refractivity contribution in [1.82, 2.24) is 15.3 Å². The molecular weight excluding hydrogens is 391 g/mol. The molecule has 148 valence electrons. The van der Waals surface area contributed by atoms with Gasteiger partial charge in [-0.3, -0.25) is 19.5 Å². The fraction of sp³-hybridized carbons (Fsp3) is 0.143. The minimum atomic E-state index is -0.512. The van der Waals surface area contributed by atoms with Crippen LogP contribution in [0.25, 0.3) is 6.08 Å². The van der Waals surface area contributed by atoms with Crippen LogP contribution in [0, 0.1) is 5.82 Å². The molecule has 6 nitrogen and oxygen atoms in total. The summed E-state index contributed by atoms with van der Waals surface area (Å²) in [6.07, 6.45) is 5.27. The highest BCUT2D eigenvalue weighted by molar-refractivity contribution is 7.14. The van der Waals surface area contributed by atoms with Gasteiger partial charge in [0.05, 0.1) is 11.4 Å². The van der Waals surface area contributed by atoms with E-state index < -0.39 is 5.82 Å². The van der Waals surface area contributed by atoms with Crippen LogP contribution < -0.4 is 10.2 Å². The maximum Gasteiger partial charge on any atom is 0.244 e. The maximum absolute atomic E-state index is 14.1. The molecule has 0 spiro atoms. The number of aromatic nitrogens is 2. The molecule has 8 heteroatoms. The molecule has 2 amide bonds. The average Bonchev–Trinajstić information content (AvgIpc) is 3.17. The van der Waals surface area contributed by atoms with E-state index in [4.69, 9.17) is 0 Å². The molecule has 2 aromatic heterocycles. The van der Waals surface area contributed by atoms with Crippen molar-refractivity contribution in [2.24, 2.45) is 0 Å². The van der Waals surface area contributed by atoms with Gasteiger partial charge in [0.25, 0.3) is 0 Å². The predicted octanol–water partition coefficient (Wildman–Crippen LogP) is 3.73. The van der Waals surface area contributed by atoms with Crippen LogP contribution in [0.4, 0.5) is 15.2 Å². The minimum absolute atomic E-state index is 0.136. The molecule has 3 rings (SSSR count). The fourth-order valence-electron chi connectivity index (χ4n) is 2.58. The standard InChI is InChI=1S/C21H19FN4O2S/c1-15(27)26(19-8-3-2-7-18(19)22)21-25-17(14-29-21)9-10-20(28)24-13-11-16-6-4-5-12-23-16/h2-10,12,14H,11,13H2,1H3,(H,24,28)/b10-9+. The maximum atomic E-state index is 14.1. The van der Waals surface area contributed by atoms with Gasteiger partial charge in [0.15, 0.2) is 5.13 Å². The smallest absolute Gasteiger partial charge is 0.244 e. The summed E-state index contributed by atoms with van der Waals surface area (Å²) in [6, 6.07) is 11.6. The number of nitrogens with zero attached hydrogens (tertiary/aromatic N) is 3. The van der Waals surface area contributed by atoms with Crippen molar-refractivity contribution in [1.29, 1.82) is 0 Å². The largest absolute Gasteiger partial charge is 0.352 e. The number of pyridine rings is 1. The molecule has 2 heterocycles. The van der Waals surface area contributed by atoms with Gasteiger partial charge in [-0.15, -0.1) is 11.3 Å². The fourth-order valence-corrected chi connectivity index (χ4v) is 3.42. The number of para-hydroxylation sites is 1. The monoisotopic (exact) mass is 410 g/mol. The number of thiazole rings is 1. The highest BCUT2D eigenvalue weighted by Crippen LogP contribution is 2.30. The van der Waals surface area contributed by atoms with Crippen molar-refractivity contribution in [3.8, 4) is 0 Å². The van der Waals surface area contributed by atoms with Crippen molar-refractivity contribution in [3.63, 3.8) is 0 Å². The van der Waals surface area contributed by atoms with E-state index in [0.717, 1.165) is 5.69 Å². The first-order chi connectivity index (χ1) is 14.0. The Morgan fingerprint density at radius 1 is 1.21 bits per heavy atom. The van der Waals surface area contributed by atoms with Crippen LogP contribution >= 0.6 is 11.3 Å². The van der Waals surface area contributed by atoms with E-state index in [2.05, 4.69) is 15.3 Å². The number of hydrogen-bond acceptors (Lipinski definition) is 5. The number of halogens is 1. The molecule has 0 aliphatic rings. The first-order valence-electron chi connectivity index (χ1n) is 8.91. The van der Waals surface area contributed by atoms with Gasteiger partial charge in [0, 0.05) is 43.2 Å². The summed E-state index contributed by atoms with van der Waals surface area (Å²) in [5.41, 5.74) is 1.54. The van der Waals surface area contributed by atoms with Crippen LogP contribution in [0.15, 0.2) is 60.1 Å². The van der Waals surface area contributed by atoms with Gasteiger partial charge in [-0.25, -0.2) is 9.37 Å². The molecular formula is C21H19FN4O2S. The lowest BCUT2D eigenvalue weighted by atomic mass is 10.2. The Balaban J connectivity index is 1.62. The van der Waals surface area contributed by atoms with Crippen molar-refractivity contribution >= 4 is 40.0 Å². The lowest BCUT2D eigenvalue weighted by Gasteiger charge is -2.18. The number of hydrogen-bond donors (Lipinski definition) is 1. The molecule has 0 aliphatic carbocycles. The number of carbonyl (C=O) groups is 2. The molecule has 0 saturated carbocycles. The third-order valence-corrected chi connectivity index (χ3v) is 4.77. The molecule has 0 aliphatic heterocycles. The Labute approximate surface area is 171 Å².